The second-order valence-electron chi connectivity index (χ2n) is 8.67. The highest BCUT2D eigenvalue weighted by molar-refractivity contribution is 6.04. The molecular formula is C30H25FN6O2. The maximum atomic E-state index is 13.6. The van der Waals surface area contributed by atoms with Crippen LogP contribution in [0.2, 0.25) is 0 Å². The van der Waals surface area contributed by atoms with E-state index in [1.165, 1.54) is 18.5 Å². The maximum Gasteiger partial charge on any atom is 0.300 e. The monoisotopic (exact) mass is 520 g/mol. The second-order valence-corrected chi connectivity index (χ2v) is 8.67. The molecule has 1 amide bonds. The molecule has 194 valence electrons. The Morgan fingerprint density at radius 1 is 1.05 bits per heavy atom. The zero-order valence-corrected chi connectivity index (χ0v) is 21.1. The summed E-state index contributed by atoms with van der Waals surface area (Å²) in [6.45, 7) is 2.21. The number of halogens is 1. The summed E-state index contributed by atoms with van der Waals surface area (Å²) in [6, 6.07) is 23.3. The number of hydrogen-bond donors (Lipinski definition) is 3. The van der Waals surface area contributed by atoms with Crippen molar-refractivity contribution in [2.45, 2.75) is 19.6 Å². The van der Waals surface area contributed by atoms with Crippen LogP contribution in [0.4, 0.5) is 15.9 Å². The molecule has 2 aromatic heterocycles. The number of fused-ring (bicyclic) bond motifs is 1. The summed E-state index contributed by atoms with van der Waals surface area (Å²) in [4.78, 5) is 28.4. The molecule has 0 radical (unpaired) electrons. The molecule has 8 nitrogen and oxygen atoms in total. The minimum absolute atomic E-state index is 0.237. The Labute approximate surface area is 224 Å². The number of amides is 1. The van der Waals surface area contributed by atoms with Crippen molar-refractivity contribution in [3.63, 3.8) is 0 Å². The predicted molar refractivity (Wildman–Crippen MR) is 148 cm³/mol. The van der Waals surface area contributed by atoms with E-state index < -0.39 is 0 Å². The Hall–Kier alpha value is -5.07. The van der Waals surface area contributed by atoms with Crippen LogP contribution >= 0.6 is 0 Å². The summed E-state index contributed by atoms with van der Waals surface area (Å²) < 4.78 is 19.5. The molecule has 0 aliphatic rings. The number of nitrogens with zero attached hydrogens (tertiary/aromatic N) is 3. The van der Waals surface area contributed by atoms with Crippen LogP contribution in [-0.2, 0) is 16.1 Å². The molecule has 0 saturated heterocycles. The highest BCUT2D eigenvalue weighted by atomic mass is 19.1. The number of hydrogen-bond acceptors (Lipinski definition) is 6. The van der Waals surface area contributed by atoms with E-state index in [0.717, 1.165) is 16.7 Å². The molecule has 0 fully saturated rings. The van der Waals surface area contributed by atoms with Gasteiger partial charge in [0.15, 0.2) is 11.5 Å². The lowest BCUT2D eigenvalue weighted by atomic mass is 10.1. The molecule has 0 aliphatic heterocycles. The largest absolute Gasteiger partial charge is 0.374 e. The van der Waals surface area contributed by atoms with E-state index in [1.807, 2.05) is 48.5 Å². The minimum atomic E-state index is -0.368. The molecule has 1 unspecified atom stereocenters. The van der Waals surface area contributed by atoms with Crippen molar-refractivity contribution in [3.8, 4) is 23.2 Å². The fourth-order valence-electron chi connectivity index (χ4n) is 4.05. The summed E-state index contributed by atoms with van der Waals surface area (Å²) in [5.41, 5.74) is 4.37. The van der Waals surface area contributed by atoms with E-state index in [1.54, 1.807) is 25.1 Å². The van der Waals surface area contributed by atoms with E-state index >= 15 is 0 Å². The van der Waals surface area contributed by atoms with Crippen LogP contribution < -0.4 is 10.6 Å². The van der Waals surface area contributed by atoms with Gasteiger partial charge >= 0.3 is 0 Å². The average molecular weight is 521 g/mol. The van der Waals surface area contributed by atoms with E-state index in [2.05, 4.69) is 42.4 Å². The molecule has 0 aliphatic carbocycles. The lowest BCUT2D eigenvalue weighted by molar-refractivity contribution is -0.111. The van der Waals surface area contributed by atoms with Gasteiger partial charge in [-0.05, 0) is 60.4 Å². The van der Waals surface area contributed by atoms with Gasteiger partial charge < -0.3 is 20.4 Å². The molecule has 0 bridgehead atoms. The number of rotatable bonds is 9. The zero-order valence-electron chi connectivity index (χ0n) is 21.1. The number of carbonyl (C=O) groups is 1. The molecule has 2 heterocycles. The predicted octanol–water partition coefficient (Wildman–Crippen LogP) is 5.49. The molecule has 9 heteroatoms. The van der Waals surface area contributed by atoms with E-state index in [9.17, 15) is 9.18 Å². The quantitative estimate of drug-likeness (QED) is 0.222. The van der Waals surface area contributed by atoms with Gasteiger partial charge in [-0.25, -0.2) is 19.3 Å². The Bertz CT molecular complexity index is 1640. The van der Waals surface area contributed by atoms with Gasteiger partial charge in [0, 0.05) is 11.3 Å². The summed E-state index contributed by atoms with van der Waals surface area (Å²) in [5, 5.41) is 6.18. The number of carbonyl (C=O) groups excluding carboxylic acids is 1. The number of aromatic nitrogens is 4. The van der Waals surface area contributed by atoms with Gasteiger partial charge in [-0.1, -0.05) is 48.4 Å². The first-order valence-electron chi connectivity index (χ1n) is 12.3. The standard InChI is InChI=1S/C30H25FN6O2/c1-2-7-26(38)34-24-14-12-22(13-15-24)28-36-27-29(32-19-33-30(27)37-28)35-25(21-9-4-3-5-10-21)18-39-17-20-8-6-11-23(31)16-20/h3-6,8-16,19,25H,17-18H2,1H3,(H,34,38)(H2,32,33,35,36,37). The van der Waals surface area contributed by atoms with Crippen molar-refractivity contribution >= 4 is 28.6 Å². The molecule has 3 N–H and O–H groups in total. The minimum Gasteiger partial charge on any atom is -0.374 e. The topological polar surface area (TPSA) is 105 Å². The van der Waals surface area contributed by atoms with Crippen molar-refractivity contribution in [1.82, 2.24) is 19.9 Å². The molecule has 0 spiro atoms. The van der Waals surface area contributed by atoms with Gasteiger partial charge in [0.2, 0.25) is 0 Å². The number of nitrogens with one attached hydrogen (secondary N) is 3. The number of aromatic amines is 1. The first kappa shape index (κ1) is 25.6. The van der Waals surface area contributed by atoms with Crippen molar-refractivity contribution in [1.29, 1.82) is 0 Å². The van der Waals surface area contributed by atoms with Crippen molar-refractivity contribution in [3.05, 3.63) is 102 Å². The van der Waals surface area contributed by atoms with Gasteiger partial charge in [-0.2, -0.15) is 0 Å². The highest BCUT2D eigenvalue weighted by Crippen LogP contribution is 2.27. The highest BCUT2D eigenvalue weighted by Gasteiger charge is 2.17. The first-order valence-corrected chi connectivity index (χ1v) is 12.3. The zero-order chi connectivity index (χ0) is 27.0. The summed E-state index contributed by atoms with van der Waals surface area (Å²) in [7, 11) is 0. The second kappa shape index (κ2) is 12.0. The van der Waals surface area contributed by atoms with Crippen LogP contribution in [0.15, 0.2) is 85.2 Å². The Morgan fingerprint density at radius 2 is 1.87 bits per heavy atom. The van der Waals surface area contributed by atoms with Crippen LogP contribution in [0.5, 0.6) is 0 Å². The molecule has 5 aromatic rings. The Balaban J connectivity index is 1.36. The SMILES string of the molecule is CC#CC(=O)Nc1ccc(-c2nc3ncnc(NC(COCc4cccc(F)c4)c4ccccc4)c3[nH]2)cc1. The normalized spacial score (nSPS) is 11.4. The van der Waals surface area contributed by atoms with Crippen LogP contribution in [-0.4, -0.2) is 32.4 Å². The number of benzene rings is 3. The first-order chi connectivity index (χ1) is 19.1. The third-order valence-electron chi connectivity index (χ3n) is 5.90. The molecule has 0 saturated carbocycles. The van der Waals surface area contributed by atoms with E-state index in [-0.39, 0.29) is 24.4 Å². The average Bonchev–Trinajstić information content (AvgIpc) is 3.39. The molecule has 3 aromatic carbocycles. The fraction of sp³-hybridized carbons (Fsp3) is 0.133. The van der Waals surface area contributed by atoms with Gasteiger partial charge in [0.1, 0.15) is 23.5 Å². The lowest BCUT2D eigenvalue weighted by Gasteiger charge is -2.20. The van der Waals surface area contributed by atoms with Gasteiger partial charge in [0.25, 0.3) is 5.91 Å². The summed E-state index contributed by atoms with van der Waals surface area (Å²) in [5.74, 6) is 5.54. The molecule has 1 atom stereocenters. The Morgan fingerprint density at radius 3 is 2.64 bits per heavy atom. The van der Waals surface area contributed by atoms with Crippen molar-refractivity contribution < 1.29 is 13.9 Å². The van der Waals surface area contributed by atoms with Crippen molar-refractivity contribution in [2.24, 2.45) is 0 Å². The molecular weight excluding hydrogens is 495 g/mol. The fourth-order valence-corrected chi connectivity index (χ4v) is 4.05. The van der Waals surface area contributed by atoms with Crippen LogP contribution in [0, 0.1) is 17.7 Å². The number of imidazole rings is 1. The molecule has 39 heavy (non-hydrogen) atoms. The Kier molecular flexibility index (Phi) is 7.86. The number of H-pyrrole nitrogens is 1. The summed E-state index contributed by atoms with van der Waals surface area (Å²) in [6.07, 6.45) is 1.46. The maximum absolute atomic E-state index is 13.6. The van der Waals surface area contributed by atoms with E-state index in [0.29, 0.717) is 35.1 Å². The number of ether oxygens (including phenoxy) is 1. The van der Waals surface area contributed by atoms with Crippen LogP contribution in [0.1, 0.15) is 24.1 Å². The lowest BCUT2D eigenvalue weighted by Crippen LogP contribution is -2.18. The van der Waals surface area contributed by atoms with Gasteiger partial charge in [-0.3, -0.25) is 4.79 Å². The van der Waals surface area contributed by atoms with Gasteiger partial charge in [-0.15, -0.1) is 0 Å². The molecule has 5 rings (SSSR count). The number of anilines is 2. The third-order valence-corrected chi connectivity index (χ3v) is 5.90. The third kappa shape index (κ3) is 6.44. The summed E-state index contributed by atoms with van der Waals surface area (Å²) >= 11 is 0. The van der Waals surface area contributed by atoms with Crippen LogP contribution in [0.3, 0.4) is 0 Å². The van der Waals surface area contributed by atoms with Crippen LogP contribution in [0.25, 0.3) is 22.6 Å². The van der Waals surface area contributed by atoms with Gasteiger partial charge in [0.05, 0.1) is 19.3 Å². The smallest absolute Gasteiger partial charge is 0.300 e. The van der Waals surface area contributed by atoms with Crippen molar-refractivity contribution in [2.75, 3.05) is 17.2 Å². The van der Waals surface area contributed by atoms with E-state index in [4.69, 9.17) is 4.74 Å².